The monoisotopic (exact) mass is 311 g/mol. The highest BCUT2D eigenvalue weighted by Gasteiger charge is 2.19. The summed E-state index contributed by atoms with van der Waals surface area (Å²) in [7, 11) is 3.39. The first kappa shape index (κ1) is 16.4. The maximum absolute atomic E-state index is 5.81. The Labute approximate surface area is 133 Å². The molecule has 2 rings (SSSR count). The molecule has 1 heterocycles. The van der Waals surface area contributed by atoms with E-state index in [0.29, 0.717) is 5.92 Å². The van der Waals surface area contributed by atoms with Crippen LogP contribution >= 0.6 is 11.6 Å². The molecule has 0 spiro atoms. The number of rotatable bonds is 7. The molecule has 3 nitrogen and oxygen atoms in total. The van der Waals surface area contributed by atoms with Crippen molar-refractivity contribution in [3.63, 3.8) is 0 Å². The highest BCUT2D eigenvalue weighted by atomic mass is 35.5. The Hall–Kier alpha value is -0.930. The van der Waals surface area contributed by atoms with Gasteiger partial charge in [0.1, 0.15) is 0 Å². The Kier molecular flexibility index (Phi) is 6.19. The quantitative estimate of drug-likeness (QED) is 0.716. The number of fused-ring (bicyclic) bond motifs is 1. The van der Waals surface area contributed by atoms with Crippen LogP contribution in [0.15, 0.2) is 12.1 Å². The fourth-order valence-electron chi connectivity index (χ4n) is 2.87. The van der Waals surface area contributed by atoms with Crippen LogP contribution in [0.5, 0.6) is 11.5 Å². The highest BCUT2D eigenvalue weighted by Crippen LogP contribution is 2.33. The number of ether oxygens (including phenoxy) is 2. The van der Waals surface area contributed by atoms with Gasteiger partial charge in [-0.15, -0.1) is 11.6 Å². The van der Waals surface area contributed by atoms with Crippen molar-refractivity contribution in [1.29, 1.82) is 0 Å². The van der Waals surface area contributed by atoms with E-state index >= 15 is 0 Å². The predicted molar refractivity (Wildman–Crippen MR) is 87.6 cm³/mol. The van der Waals surface area contributed by atoms with Gasteiger partial charge in [0.15, 0.2) is 11.5 Å². The van der Waals surface area contributed by atoms with Gasteiger partial charge in [0.2, 0.25) is 0 Å². The van der Waals surface area contributed by atoms with Gasteiger partial charge >= 0.3 is 0 Å². The van der Waals surface area contributed by atoms with Gasteiger partial charge < -0.3 is 9.47 Å². The minimum absolute atomic E-state index is 0.703. The van der Waals surface area contributed by atoms with Crippen molar-refractivity contribution >= 4 is 11.6 Å². The van der Waals surface area contributed by atoms with Crippen molar-refractivity contribution in [3.05, 3.63) is 23.3 Å². The Morgan fingerprint density at radius 2 is 1.81 bits per heavy atom. The molecule has 0 amide bonds. The number of halogens is 1. The summed E-state index contributed by atoms with van der Waals surface area (Å²) in [5, 5.41) is 0. The molecule has 1 unspecified atom stereocenters. The molecule has 0 saturated carbocycles. The summed E-state index contributed by atoms with van der Waals surface area (Å²) in [6.45, 7) is 5.55. The van der Waals surface area contributed by atoms with Gasteiger partial charge in [0.05, 0.1) is 14.2 Å². The van der Waals surface area contributed by atoms with Gasteiger partial charge in [0.25, 0.3) is 0 Å². The number of hydrogen-bond acceptors (Lipinski definition) is 3. The average Bonchev–Trinajstić information content (AvgIpc) is 2.51. The van der Waals surface area contributed by atoms with Crippen LogP contribution in [0.25, 0.3) is 0 Å². The largest absolute Gasteiger partial charge is 0.493 e. The van der Waals surface area contributed by atoms with Crippen LogP contribution in [0.3, 0.4) is 0 Å². The Morgan fingerprint density at radius 1 is 1.14 bits per heavy atom. The second kappa shape index (κ2) is 7.90. The lowest BCUT2D eigenvalue weighted by molar-refractivity contribution is 0.234. The third kappa shape index (κ3) is 4.27. The molecule has 0 bridgehead atoms. The number of methoxy groups -OCH3 is 2. The molecule has 1 aliphatic rings. The van der Waals surface area contributed by atoms with E-state index < -0.39 is 0 Å². The number of benzene rings is 1. The van der Waals surface area contributed by atoms with E-state index in [0.717, 1.165) is 49.9 Å². The molecule has 0 aliphatic carbocycles. The fraction of sp³-hybridized carbons (Fsp3) is 0.647. The van der Waals surface area contributed by atoms with Crippen LogP contribution in [-0.2, 0) is 13.0 Å². The molecule has 21 heavy (non-hydrogen) atoms. The summed E-state index contributed by atoms with van der Waals surface area (Å²) in [6, 6.07) is 4.25. The molecule has 0 radical (unpaired) electrons. The molecule has 1 aliphatic heterocycles. The zero-order chi connectivity index (χ0) is 15.2. The molecule has 1 atom stereocenters. The van der Waals surface area contributed by atoms with E-state index in [2.05, 4.69) is 24.0 Å². The molecule has 1 aromatic rings. The summed E-state index contributed by atoms with van der Waals surface area (Å²) in [5.41, 5.74) is 2.75. The van der Waals surface area contributed by atoms with Crippen molar-refractivity contribution < 1.29 is 9.47 Å². The molecule has 1 aromatic carbocycles. The Morgan fingerprint density at radius 3 is 2.43 bits per heavy atom. The van der Waals surface area contributed by atoms with Crippen molar-refractivity contribution in [3.8, 4) is 11.5 Å². The topological polar surface area (TPSA) is 21.7 Å². The zero-order valence-corrected chi connectivity index (χ0v) is 14.1. The molecule has 0 aromatic heterocycles. The van der Waals surface area contributed by atoms with Crippen LogP contribution in [0, 0.1) is 5.92 Å². The summed E-state index contributed by atoms with van der Waals surface area (Å²) >= 11 is 5.81. The van der Waals surface area contributed by atoms with E-state index in [-0.39, 0.29) is 0 Å². The van der Waals surface area contributed by atoms with Crippen molar-refractivity contribution in [2.75, 3.05) is 33.2 Å². The second-order valence-corrected chi connectivity index (χ2v) is 6.25. The van der Waals surface area contributed by atoms with Gasteiger partial charge in [-0.05, 0) is 55.0 Å². The summed E-state index contributed by atoms with van der Waals surface area (Å²) < 4.78 is 10.8. The standard InChI is InChI=1S/C17H26ClNO2/c1-13(4-7-18)5-8-19-9-6-14-10-16(20-2)17(21-3)11-15(14)12-19/h10-11,13H,4-9,12H2,1-3H3. The summed E-state index contributed by atoms with van der Waals surface area (Å²) in [4.78, 5) is 2.53. The van der Waals surface area contributed by atoms with Crippen LogP contribution < -0.4 is 9.47 Å². The SMILES string of the molecule is COc1cc2c(cc1OC)CN(CCC(C)CCCl)CC2. The predicted octanol–water partition coefficient (Wildman–Crippen LogP) is 3.72. The van der Waals surface area contributed by atoms with Gasteiger partial charge in [-0.25, -0.2) is 0 Å². The van der Waals surface area contributed by atoms with Gasteiger partial charge in [0, 0.05) is 19.0 Å². The Bertz CT molecular complexity index is 464. The minimum atomic E-state index is 0.703. The van der Waals surface area contributed by atoms with Crippen LogP contribution in [0.4, 0.5) is 0 Å². The normalized spacial score (nSPS) is 16.4. The lowest BCUT2D eigenvalue weighted by Crippen LogP contribution is -2.32. The first-order chi connectivity index (χ1) is 10.2. The lowest BCUT2D eigenvalue weighted by atomic mass is 9.97. The van der Waals surface area contributed by atoms with Crippen molar-refractivity contribution in [1.82, 2.24) is 4.90 Å². The van der Waals surface area contributed by atoms with Crippen molar-refractivity contribution in [2.45, 2.75) is 32.7 Å². The first-order valence-electron chi connectivity index (χ1n) is 7.70. The highest BCUT2D eigenvalue weighted by molar-refractivity contribution is 6.17. The Balaban J connectivity index is 1.99. The fourth-order valence-corrected chi connectivity index (χ4v) is 3.24. The molecule has 118 valence electrons. The maximum Gasteiger partial charge on any atom is 0.161 e. The minimum Gasteiger partial charge on any atom is -0.493 e. The van der Waals surface area contributed by atoms with E-state index in [4.69, 9.17) is 21.1 Å². The van der Waals surface area contributed by atoms with Gasteiger partial charge in [-0.3, -0.25) is 4.90 Å². The molecular formula is C17H26ClNO2. The van der Waals surface area contributed by atoms with Gasteiger partial charge in [-0.1, -0.05) is 6.92 Å². The maximum atomic E-state index is 5.81. The molecule has 0 N–H and O–H groups in total. The molecule has 4 heteroatoms. The average molecular weight is 312 g/mol. The third-order valence-corrected chi connectivity index (χ3v) is 4.56. The van der Waals surface area contributed by atoms with Gasteiger partial charge in [-0.2, -0.15) is 0 Å². The lowest BCUT2D eigenvalue weighted by Gasteiger charge is -2.30. The third-order valence-electron chi connectivity index (χ3n) is 4.34. The second-order valence-electron chi connectivity index (χ2n) is 5.87. The first-order valence-corrected chi connectivity index (χ1v) is 8.23. The van der Waals surface area contributed by atoms with Crippen molar-refractivity contribution in [2.24, 2.45) is 5.92 Å². The number of hydrogen-bond donors (Lipinski definition) is 0. The number of nitrogens with zero attached hydrogens (tertiary/aromatic N) is 1. The van der Waals surface area contributed by atoms with E-state index in [9.17, 15) is 0 Å². The van der Waals surface area contributed by atoms with E-state index in [1.54, 1.807) is 14.2 Å². The molecule has 0 fully saturated rings. The molecule has 0 saturated heterocycles. The van der Waals surface area contributed by atoms with E-state index in [1.807, 2.05) is 0 Å². The molecular weight excluding hydrogens is 286 g/mol. The van der Waals surface area contributed by atoms with E-state index in [1.165, 1.54) is 17.5 Å². The summed E-state index contributed by atoms with van der Waals surface area (Å²) in [5.74, 6) is 3.13. The van der Waals surface area contributed by atoms with Crippen LogP contribution in [0.1, 0.15) is 30.9 Å². The number of alkyl halides is 1. The van der Waals surface area contributed by atoms with Crippen LogP contribution in [-0.4, -0.2) is 38.1 Å². The summed E-state index contributed by atoms with van der Waals surface area (Å²) in [6.07, 6.45) is 3.41. The smallest absolute Gasteiger partial charge is 0.161 e. The zero-order valence-electron chi connectivity index (χ0n) is 13.3. The van der Waals surface area contributed by atoms with Crippen LogP contribution in [0.2, 0.25) is 0 Å².